The molecule has 3 N–H and O–H groups in total. The minimum absolute atomic E-state index is 0.0640. The van der Waals surface area contributed by atoms with E-state index in [0.717, 1.165) is 65.0 Å². The number of aromatic nitrogens is 5. The number of nitrogens with one attached hydrogen (secondary N) is 3. The molecule has 0 radical (unpaired) electrons. The van der Waals surface area contributed by atoms with E-state index in [4.69, 9.17) is 0 Å². The summed E-state index contributed by atoms with van der Waals surface area (Å²) in [5.74, 6) is 0.558. The zero-order valence-corrected chi connectivity index (χ0v) is 22.7. The van der Waals surface area contributed by atoms with Crippen LogP contribution in [0.2, 0.25) is 0 Å². The summed E-state index contributed by atoms with van der Waals surface area (Å²) in [5.41, 5.74) is 7.46. The molecule has 1 saturated heterocycles. The first kappa shape index (κ1) is 24.8. The summed E-state index contributed by atoms with van der Waals surface area (Å²) in [6.45, 7) is 2.21. The molecule has 0 atom stereocenters. The molecule has 1 amide bonds. The van der Waals surface area contributed by atoms with Gasteiger partial charge in [0.25, 0.3) is 0 Å². The molecule has 1 saturated carbocycles. The van der Waals surface area contributed by atoms with Crippen LogP contribution >= 0.6 is 0 Å². The number of carbonyl (C=O) groups excluding carboxylic acids is 1. The second-order valence-electron chi connectivity index (χ2n) is 11.4. The number of piperidine rings is 1. The van der Waals surface area contributed by atoms with Crippen molar-refractivity contribution in [1.82, 2.24) is 25.1 Å². The van der Waals surface area contributed by atoms with Gasteiger partial charge >= 0.3 is 0 Å². The number of amides is 1. The van der Waals surface area contributed by atoms with Crippen LogP contribution in [0.3, 0.4) is 0 Å². The molecule has 5 heterocycles. The van der Waals surface area contributed by atoms with Gasteiger partial charge in [0.15, 0.2) is 0 Å². The van der Waals surface area contributed by atoms with Crippen molar-refractivity contribution in [1.29, 1.82) is 0 Å². The molecule has 0 bridgehead atoms. The standard InChI is InChI=1S/C32H35N7O/c40-31(14-21-8-3-1-4-9-21)35-23-15-22(18-33-19-23)27-17-25-29(20-34-27)37-38-32(25)28-16-24-26(36-28)10-7-11-30(24)39-12-5-2-6-13-39/h7,10-11,15-21,36H,1-6,8-9,12-14H2,(H,35,40)(H,37,38). The van der Waals surface area contributed by atoms with E-state index in [1.54, 1.807) is 12.4 Å². The van der Waals surface area contributed by atoms with Crippen LogP contribution in [0, 0.1) is 5.92 Å². The third-order valence-corrected chi connectivity index (χ3v) is 8.56. The van der Waals surface area contributed by atoms with Gasteiger partial charge in [-0.05, 0) is 68.4 Å². The average Bonchev–Trinajstić information content (AvgIpc) is 3.62. The van der Waals surface area contributed by atoms with E-state index in [1.165, 1.54) is 49.6 Å². The number of rotatable bonds is 6. The monoisotopic (exact) mass is 533 g/mol. The molecule has 1 aliphatic carbocycles. The van der Waals surface area contributed by atoms with Crippen molar-refractivity contribution < 1.29 is 4.79 Å². The van der Waals surface area contributed by atoms with Crippen LogP contribution in [0.4, 0.5) is 11.4 Å². The summed E-state index contributed by atoms with van der Waals surface area (Å²) in [4.78, 5) is 27.9. The number of aromatic amines is 2. The van der Waals surface area contributed by atoms with E-state index in [0.29, 0.717) is 18.0 Å². The predicted molar refractivity (Wildman–Crippen MR) is 160 cm³/mol. The first-order valence-corrected chi connectivity index (χ1v) is 14.7. The van der Waals surface area contributed by atoms with E-state index in [2.05, 4.69) is 65.7 Å². The van der Waals surface area contributed by atoms with Crippen LogP contribution in [0.25, 0.3) is 44.5 Å². The quantitative estimate of drug-likeness (QED) is 0.217. The number of nitrogens with zero attached hydrogens (tertiary/aromatic N) is 4. The summed E-state index contributed by atoms with van der Waals surface area (Å²) in [7, 11) is 0. The van der Waals surface area contributed by atoms with Crippen molar-refractivity contribution >= 4 is 39.1 Å². The molecule has 2 fully saturated rings. The minimum atomic E-state index is 0.0640. The van der Waals surface area contributed by atoms with Gasteiger partial charge < -0.3 is 15.2 Å². The minimum Gasteiger partial charge on any atom is -0.371 e. The van der Waals surface area contributed by atoms with Gasteiger partial charge in [0, 0.05) is 53.2 Å². The maximum atomic E-state index is 12.7. The summed E-state index contributed by atoms with van der Waals surface area (Å²) in [6, 6.07) is 12.7. The molecule has 8 nitrogen and oxygen atoms in total. The summed E-state index contributed by atoms with van der Waals surface area (Å²) in [6.07, 6.45) is 15.7. The first-order chi connectivity index (χ1) is 19.7. The maximum Gasteiger partial charge on any atom is 0.224 e. The van der Waals surface area contributed by atoms with Crippen molar-refractivity contribution in [2.24, 2.45) is 5.92 Å². The Bertz CT molecular complexity index is 1660. The van der Waals surface area contributed by atoms with Crippen LogP contribution < -0.4 is 10.2 Å². The molecule has 4 aromatic heterocycles. The van der Waals surface area contributed by atoms with Crippen LogP contribution in [-0.2, 0) is 4.79 Å². The molecule has 0 spiro atoms. The van der Waals surface area contributed by atoms with Crippen LogP contribution in [0.1, 0.15) is 57.8 Å². The Morgan fingerprint density at radius 3 is 2.65 bits per heavy atom. The highest BCUT2D eigenvalue weighted by Gasteiger charge is 2.19. The highest BCUT2D eigenvalue weighted by Crippen LogP contribution is 2.35. The lowest BCUT2D eigenvalue weighted by Crippen LogP contribution is -2.29. The molecule has 7 rings (SSSR count). The van der Waals surface area contributed by atoms with E-state index < -0.39 is 0 Å². The highest BCUT2D eigenvalue weighted by molar-refractivity contribution is 6.00. The first-order valence-electron chi connectivity index (χ1n) is 14.7. The van der Waals surface area contributed by atoms with Gasteiger partial charge in [0.05, 0.1) is 35.0 Å². The second kappa shape index (κ2) is 10.8. The topological polar surface area (TPSA) is 103 Å². The normalized spacial score (nSPS) is 16.6. The lowest BCUT2D eigenvalue weighted by molar-refractivity contribution is -0.117. The lowest BCUT2D eigenvalue weighted by Gasteiger charge is -2.29. The van der Waals surface area contributed by atoms with Crippen molar-refractivity contribution in [3.05, 3.63) is 55.0 Å². The Morgan fingerprint density at radius 2 is 1.77 bits per heavy atom. The SMILES string of the molecule is O=C(CC1CCCCC1)Nc1cncc(-c2cc3c(-c4cc5c(N6CCCCC6)cccc5[nH]4)n[nH]c3cn2)c1. The largest absolute Gasteiger partial charge is 0.371 e. The van der Waals surface area contributed by atoms with Gasteiger partial charge in [-0.1, -0.05) is 25.3 Å². The maximum absolute atomic E-state index is 12.7. The molecule has 1 aliphatic heterocycles. The fourth-order valence-electron chi connectivity index (χ4n) is 6.47. The Hall–Kier alpha value is -4.20. The molecule has 2 aliphatic rings. The van der Waals surface area contributed by atoms with Crippen molar-refractivity contribution in [2.75, 3.05) is 23.3 Å². The summed E-state index contributed by atoms with van der Waals surface area (Å²) < 4.78 is 0. The fraction of sp³-hybridized carbons (Fsp3) is 0.375. The molecule has 5 aromatic rings. The molecule has 1 aromatic carbocycles. The predicted octanol–water partition coefficient (Wildman–Crippen LogP) is 7.07. The Labute approximate surface area is 233 Å². The fourth-order valence-corrected chi connectivity index (χ4v) is 6.47. The Balaban J connectivity index is 1.17. The molecule has 0 unspecified atom stereocenters. The van der Waals surface area contributed by atoms with Gasteiger partial charge in [-0.3, -0.25) is 19.9 Å². The third-order valence-electron chi connectivity index (χ3n) is 8.56. The summed E-state index contributed by atoms with van der Waals surface area (Å²) in [5, 5.41) is 13.1. The van der Waals surface area contributed by atoms with E-state index in [-0.39, 0.29) is 5.91 Å². The number of carbonyl (C=O) groups is 1. The molecular formula is C32H35N7O. The van der Waals surface area contributed by atoms with E-state index >= 15 is 0 Å². The molecule has 8 heteroatoms. The zero-order chi connectivity index (χ0) is 26.9. The van der Waals surface area contributed by atoms with E-state index in [1.807, 2.05) is 12.3 Å². The highest BCUT2D eigenvalue weighted by atomic mass is 16.1. The number of hydrogen-bond donors (Lipinski definition) is 3. The number of anilines is 2. The summed E-state index contributed by atoms with van der Waals surface area (Å²) >= 11 is 0. The number of pyridine rings is 2. The second-order valence-corrected chi connectivity index (χ2v) is 11.4. The van der Waals surface area contributed by atoms with Crippen molar-refractivity contribution in [3.63, 3.8) is 0 Å². The zero-order valence-electron chi connectivity index (χ0n) is 22.7. The number of hydrogen-bond acceptors (Lipinski definition) is 5. The Kier molecular flexibility index (Phi) is 6.67. The smallest absolute Gasteiger partial charge is 0.224 e. The van der Waals surface area contributed by atoms with Gasteiger partial charge in [-0.25, -0.2) is 0 Å². The lowest BCUT2D eigenvalue weighted by atomic mass is 9.87. The molecule has 204 valence electrons. The third kappa shape index (κ3) is 4.94. The molecular weight excluding hydrogens is 498 g/mol. The van der Waals surface area contributed by atoms with Gasteiger partial charge in [0.1, 0.15) is 5.69 Å². The number of H-pyrrole nitrogens is 2. The van der Waals surface area contributed by atoms with E-state index in [9.17, 15) is 4.79 Å². The van der Waals surface area contributed by atoms with Crippen molar-refractivity contribution in [2.45, 2.75) is 57.8 Å². The Morgan fingerprint density at radius 1 is 0.925 bits per heavy atom. The van der Waals surface area contributed by atoms with Crippen LogP contribution in [0.15, 0.2) is 55.0 Å². The van der Waals surface area contributed by atoms with Crippen molar-refractivity contribution in [3.8, 4) is 22.6 Å². The van der Waals surface area contributed by atoms with Gasteiger partial charge in [-0.15, -0.1) is 0 Å². The van der Waals surface area contributed by atoms with Crippen LogP contribution in [0.5, 0.6) is 0 Å². The average molecular weight is 534 g/mol. The molecule has 40 heavy (non-hydrogen) atoms. The van der Waals surface area contributed by atoms with Gasteiger partial charge in [0.2, 0.25) is 5.91 Å². The number of fused-ring (bicyclic) bond motifs is 2. The number of benzene rings is 1. The van der Waals surface area contributed by atoms with Crippen LogP contribution in [-0.4, -0.2) is 44.1 Å². The van der Waals surface area contributed by atoms with Gasteiger partial charge in [-0.2, -0.15) is 5.10 Å².